The molecule has 0 bridgehead atoms. The minimum atomic E-state index is 0.107. The van der Waals surface area contributed by atoms with E-state index in [2.05, 4.69) is 0 Å². The van der Waals surface area contributed by atoms with Crippen LogP contribution in [0.1, 0.15) is 37.7 Å². The first-order chi connectivity index (χ1) is 8.68. The van der Waals surface area contributed by atoms with Gasteiger partial charge in [0.05, 0.1) is 5.02 Å². The van der Waals surface area contributed by atoms with Gasteiger partial charge in [-0.25, -0.2) is 0 Å². The minimum Gasteiger partial charge on any atom is -0.507 e. The highest BCUT2D eigenvalue weighted by atomic mass is 35.5. The zero-order valence-electron chi connectivity index (χ0n) is 10.2. The molecule has 2 nitrogen and oxygen atoms in total. The molecule has 0 amide bonds. The van der Waals surface area contributed by atoms with Crippen molar-refractivity contribution >= 4 is 23.5 Å². The Labute approximate surface area is 112 Å². The Bertz CT molecular complexity index is 439. The van der Waals surface area contributed by atoms with Crippen LogP contribution in [0, 0.1) is 5.92 Å². The number of halogens is 1. The Hall–Kier alpha value is -1.28. The molecule has 0 spiro atoms. The number of aromatic hydroxyl groups is 1. The monoisotopic (exact) mass is 264 g/mol. The Morgan fingerprint density at radius 1 is 1.28 bits per heavy atom. The van der Waals surface area contributed by atoms with E-state index in [1.165, 1.54) is 6.42 Å². The first kappa shape index (κ1) is 13.2. The third-order valence-corrected chi connectivity index (χ3v) is 3.78. The zero-order valence-corrected chi connectivity index (χ0v) is 11.0. The minimum absolute atomic E-state index is 0.107. The van der Waals surface area contributed by atoms with E-state index in [4.69, 9.17) is 11.6 Å². The number of benzene rings is 1. The smallest absolute Gasteiger partial charge is 0.158 e. The zero-order chi connectivity index (χ0) is 13.0. The first-order valence-electron chi connectivity index (χ1n) is 6.38. The largest absolute Gasteiger partial charge is 0.507 e. The maximum absolute atomic E-state index is 12.0. The lowest BCUT2D eigenvalue weighted by molar-refractivity contribution is -0.119. The van der Waals surface area contributed by atoms with Crippen molar-refractivity contribution in [2.24, 2.45) is 5.92 Å². The number of rotatable bonds is 3. The predicted octanol–water partition coefficient (Wildman–Crippen LogP) is 4.21. The molecule has 18 heavy (non-hydrogen) atoms. The van der Waals surface area contributed by atoms with E-state index >= 15 is 0 Å². The van der Waals surface area contributed by atoms with Gasteiger partial charge in [0, 0.05) is 11.5 Å². The molecule has 0 unspecified atom stereocenters. The number of carbonyl (C=O) groups excluding carboxylic acids is 1. The number of carbonyl (C=O) groups is 1. The first-order valence-corrected chi connectivity index (χ1v) is 6.75. The lowest BCUT2D eigenvalue weighted by atomic mass is 9.86. The van der Waals surface area contributed by atoms with Crippen LogP contribution < -0.4 is 0 Å². The second kappa shape index (κ2) is 6.05. The predicted molar refractivity (Wildman–Crippen MR) is 73.7 cm³/mol. The van der Waals surface area contributed by atoms with Crippen LogP contribution in [0.2, 0.25) is 5.02 Å². The summed E-state index contributed by atoms with van der Waals surface area (Å²) in [7, 11) is 0. The highest BCUT2D eigenvalue weighted by molar-refractivity contribution is 6.32. The molecule has 1 aliphatic carbocycles. The second-order valence-electron chi connectivity index (χ2n) is 4.74. The van der Waals surface area contributed by atoms with Crippen molar-refractivity contribution in [2.45, 2.75) is 32.1 Å². The van der Waals surface area contributed by atoms with Crippen LogP contribution in [-0.4, -0.2) is 10.9 Å². The molecule has 0 radical (unpaired) electrons. The number of hydrogen-bond donors (Lipinski definition) is 1. The van der Waals surface area contributed by atoms with Gasteiger partial charge in [0.2, 0.25) is 0 Å². The van der Waals surface area contributed by atoms with E-state index in [9.17, 15) is 9.90 Å². The van der Waals surface area contributed by atoms with Gasteiger partial charge in [0.1, 0.15) is 5.75 Å². The molecule has 0 atom stereocenters. The molecule has 0 aliphatic heterocycles. The average molecular weight is 265 g/mol. The number of phenolic OH excluding ortho intramolecular Hbond substituents is 1. The summed E-state index contributed by atoms with van der Waals surface area (Å²) in [5.41, 5.74) is 0.517. The van der Waals surface area contributed by atoms with Crippen molar-refractivity contribution in [2.75, 3.05) is 0 Å². The van der Waals surface area contributed by atoms with Crippen molar-refractivity contribution in [3.05, 3.63) is 34.9 Å². The molecule has 1 aromatic carbocycles. The van der Waals surface area contributed by atoms with Crippen LogP contribution >= 0.6 is 11.6 Å². The van der Waals surface area contributed by atoms with Gasteiger partial charge < -0.3 is 5.11 Å². The van der Waals surface area contributed by atoms with Gasteiger partial charge in [0.25, 0.3) is 0 Å². The van der Waals surface area contributed by atoms with Crippen LogP contribution in [0.3, 0.4) is 0 Å². The molecule has 1 aliphatic rings. The molecule has 0 heterocycles. The van der Waals surface area contributed by atoms with Gasteiger partial charge in [0.15, 0.2) is 5.78 Å². The van der Waals surface area contributed by atoms with Crippen molar-refractivity contribution in [1.82, 2.24) is 0 Å². The lowest BCUT2D eigenvalue weighted by Gasteiger charge is -2.18. The summed E-state index contributed by atoms with van der Waals surface area (Å²) in [6.45, 7) is 0. The molecule has 1 saturated carbocycles. The molecule has 96 valence electrons. The summed E-state index contributed by atoms with van der Waals surface area (Å²) in [6, 6.07) is 4.95. The highest BCUT2D eigenvalue weighted by Crippen LogP contribution is 2.28. The number of phenols is 1. The van der Waals surface area contributed by atoms with Crippen molar-refractivity contribution in [1.29, 1.82) is 0 Å². The molecule has 1 N–H and O–H groups in total. The van der Waals surface area contributed by atoms with Gasteiger partial charge in [-0.15, -0.1) is 0 Å². The Balaban J connectivity index is 2.08. The van der Waals surface area contributed by atoms with Gasteiger partial charge in [-0.1, -0.05) is 36.9 Å². The third kappa shape index (κ3) is 3.14. The summed E-state index contributed by atoms with van der Waals surface area (Å²) in [5.74, 6) is 0.406. The van der Waals surface area contributed by atoms with E-state index < -0.39 is 0 Å². The van der Waals surface area contributed by atoms with Gasteiger partial charge in [-0.2, -0.15) is 0 Å². The molecule has 2 rings (SSSR count). The van der Waals surface area contributed by atoms with Crippen LogP contribution in [0.4, 0.5) is 0 Å². The van der Waals surface area contributed by atoms with Crippen LogP contribution in [0.15, 0.2) is 24.3 Å². The third-order valence-electron chi connectivity index (χ3n) is 3.45. The second-order valence-corrected chi connectivity index (χ2v) is 5.15. The molecule has 0 aromatic heterocycles. The summed E-state index contributed by atoms with van der Waals surface area (Å²) >= 11 is 5.98. The van der Waals surface area contributed by atoms with E-state index in [1.54, 1.807) is 30.4 Å². The van der Waals surface area contributed by atoms with Crippen molar-refractivity contribution < 1.29 is 9.90 Å². The number of hydrogen-bond acceptors (Lipinski definition) is 2. The summed E-state index contributed by atoms with van der Waals surface area (Å²) < 4.78 is 0. The Morgan fingerprint density at radius 3 is 2.67 bits per heavy atom. The molecular formula is C15H17ClO2. The van der Waals surface area contributed by atoms with Crippen LogP contribution in [0.5, 0.6) is 5.75 Å². The Kier molecular flexibility index (Phi) is 4.43. The summed E-state index contributed by atoms with van der Waals surface area (Å²) in [6.07, 6.45) is 8.66. The fourth-order valence-corrected chi connectivity index (χ4v) is 2.61. The average Bonchev–Trinajstić information content (AvgIpc) is 2.39. The van der Waals surface area contributed by atoms with Crippen LogP contribution in [0.25, 0.3) is 6.08 Å². The normalized spacial score (nSPS) is 17.2. The number of ketones is 1. The quantitative estimate of drug-likeness (QED) is 0.831. The lowest BCUT2D eigenvalue weighted by Crippen LogP contribution is -2.15. The van der Waals surface area contributed by atoms with Crippen LogP contribution in [-0.2, 0) is 4.79 Å². The molecule has 1 fully saturated rings. The van der Waals surface area contributed by atoms with Gasteiger partial charge in [-0.05, 0) is 37.1 Å². The topological polar surface area (TPSA) is 37.3 Å². The fraction of sp³-hybridized carbons (Fsp3) is 0.400. The Morgan fingerprint density at radius 2 is 2.00 bits per heavy atom. The van der Waals surface area contributed by atoms with E-state index in [0.717, 1.165) is 25.7 Å². The summed E-state index contributed by atoms with van der Waals surface area (Å²) in [5, 5.41) is 10.1. The van der Waals surface area contributed by atoms with Gasteiger partial charge >= 0.3 is 0 Å². The molecule has 0 saturated heterocycles. The van der Waals surface area contributed by atoms with Crippen molar-refractivity contribution in [3.63, 3.8) is 0 Å². The van der Waals surface area contributed by atoms with Crippen molar-refractivity contribution in [3.8, 4) is 5.75 Å². The van der Waals surface area contributed by atoms with E-state index in [0.29, 0.717) is 10.6 Å². The number of allylic oxidation sites excluding steroid dienone is 1. The maximum atomic E-state index is 12.0. The SMILES string of the molecule is O=C(C=Cc1c(O)cccc1Cl)C1CCCCC1. The van der Waals surface area contributed by atoms with E-state index in [1.807, 2.05) is 0 Å². The molecule has 1 aromatic rings. The van der Waals surface area contributed by atoms with E-state index in [-0.39, 0.29) is 17.5 Å². The highest BCUT2D eigenvalue weighted by Gasteiger charge is 2.18. The maximum Gasteiger partial charge on any atom is 0.158 e. The fourth-order valence-electron chi connectivity index (χ4n) is 2.38. The molecular weight excluding hydrogens is 248 g/mol. The van der Waals surface area contributed by atoms with Gasteiger partial charge in [-0.3, -0.25) is 4.79 Å². The molecule has 3 heteroatoms. The standard InChI is InChI=1S/C15H17ClO2/c16-13-7-4-8-15(18)12(13)9-10-14(17)11-5-2-1-3-6-11/h4,7-11,18H,1-3,5-6H2. The summed E-state index contributed by atoms with van der Waals surface area (Å²) in [4.78, 5) is 12.0.